The van der Waals surface area contributed by atoms with Crippen LogP contribution in [0.15, 0.2) is 18.2 Å². The van der Waals surface area contributed by atoms with Gasteiger partial charge in [0.25, 0.3) is 0 Å². The molecule has 2 bridgehead atoms. The highest BCUT2D eigenvalue weighted by Gasteiger charge is 2.40. The summed E-state index contributed by atoms with van der Waals surface area (Å²) in [6.45, 7) is 0. The standard InChI is InChI=1S/C13H16ClIN2/c14-12-4-1-8(15)5-13(12)17-10-2-3-11(17)7-9(16)6-10/h1,4-5,9-11H,2-3,6-7,16H2. The van der Waals surface area contributed by atoms with Gasteiger partial charge in [-0.2, -0.15) is 0 Å². The predicted octanol–water partition coefficient (Wildman–Crippen LogP) is 3.40. The fraction of sp³-hybridized carbons (Fsp3) is 0.538. The van der Waals surface area contributed by atoms with Crippen LogP contribution in [0.2, 0.25) is 5.02 Å². The molecule has 2 aliphatic heterocycles. The molecule has 2 N–H and O–H groups in total. The number of anilines is 1. The van der Waals surface area contributed by atoms with Gasteiger partial charge in [-0.25, -0.2) is 0 Å². The van der Waals surface area contributed by atoms with Crippen LogP contribution >= 0.6 is 34.2 Å². The van der Waals surface area contributed by atoms with Crippen LogP contribution in [0, 0.1) is 3.57 Å². The van der Waals surface area contributed by atoms with E-state index in [4.69, 9.17) is 17.3 Å². The third kappa shape index (κ3) is 2.17. The van der Waals surface area contributed by atoms with Crippen molar-refractivity contribution >= 4 is 39.9 Å². The fourth-order valence-corrected chi connectivity index (χ4v) is 3.99. The van der Waals surface area contributed by atoms with Gasteiger partial charge in [0.05, 0.1) is 10.7 Å². The number of nitrogens with two attached hydrogens (primary N) is 1. The average molecular weight is 363 g/mol. The zero-order valence-electron chi connectivity index (χ0n) is 9.57. The Morgan fingerprint density at radius 1 is 1.24 bits per heavy atom. The maximum absolute atomic E-state index is 6.35. The number of rotatable bonds is 1. The van der Waals surface area contributed by atoms with E-state index in [9.17, 15) is 0 Å². The molecule has 0 saturated carbocycles. The van der Waals surface area contributed by atoms with E-state index in [0.29, 0.717) is 18.1 Å². The molecule has 92 valence electrons. The molecular formula is C13H16ClIN2. The van der Waals surface area contributed by atoms with Crippen molar-refractivity contribution in [1.82, 2.24) is 0 Å². The first-order valence-corrected chi connectivity index (χ1v) is 7.60. The van der Waals surface area contributed by atoms with Crippen molar-refractivity contribution in [1.29, 1.82) is 0 Å². The van der Waals surface area contributed by atoms with Crippen LogP contribution in [-0.2, 0) is 0 Å². The summed E-state index contributed by atoms with van der Waals surface area (Å²) >= 11 is 8.69. The summed E-state index contributed by atoms with van der Waals surface area (Å²) < 4.78 is 1.25. The highest BCUT2D eigenvalue weighted by Crippen LogP contribution is 2.41. The lowest BCUT2D eigenvalue weighted by atomic mass is 9.97. The van der Waals surface area contributed by atoms with Gasteiger partial charge in [-0.05, 0) is 66.5 Å². The number of fused-ring (bicyclic) bond motifs is 2. The highest BCUT2D eigenvalue weighted by atomic mass is 127. The van der Waals surface area contributed by atoms with Crippen molar-refractivity contribution in [3.63, 3.8) is 0 Å². The summed E-state index contributed by atoms with van der Waals surface area (Å²) in [5.41, 5.74) is 7.31. The Labute approximate surface area is 121 Å². The van der Waals surface area contributed by atoms with E-state index in [2.05, 4.69) is 39.6 Å². The van der Waals surface area contributed by atoms with Gasteiger partial charge >= 0.3 is 0 Å². The molecule has 2 heterocycles. The first kappa shape index (κ1) is 12.1. The summed E-state index contributed by atoms with van der Waals surface area (Å²) in [5.74, 6) is 0. The largest absolute Gasteiger partial charge is 0.364 e. The second-order valence-corrected chi connectivity index (χ2v) is 6.77. The van der Waals surface area contributed by atoms with Crippen molar-refractivity contribution in [2.75, 3.05) is 4.90 Å². The maximum atomic E-state index is 6.35. The van der Waals surface area contributed by atoms with Gasteiger partial charge in [-0.15, -0.1) is 0 Å². The Hall–Kier alpha value is -0.0000000000000000555. The molecule has 4 heteroatoms. The summed E-state index contributed by atoms with van der Waals surface area (Å²) in [6, 6.07) is 7.84. The molecule has 0 amide bonds. The smallest absolute Gasteiger partial charge is 0.0640 e. The molecule has 2 saturated heterocycles. The Morgan fingerprint density at radius 3 is 2.53 bits per heavy atom. The molecule has 2 atom stereocenters. The maximum Gasteiger partial charge on any atom is 0.0640 e. The van der Waals surface area contributed by atoms with Crippen molar-refractivity contribution in [2.45, 2.75) is 43.8 Å². The van der Waals surface area contributed by atoms with Crippen molar-refractivity contribution in [3.05, 3.63) is 26.8 Å². The molecule has 3 rings (SSSR count). The monoisotopic (exact) mass is 362 g/mol. The van der Waals surface area contributed by atoms with Crippen LogP contribution in [0.25, 0.3) is 0 Å². The Balaban J connectivity index is 1.97. The van der Waals surface area contributed by atoms with Gasteiger partial charge < -0.3 is 10.6 Å². The number of benzene rings is 1. The summed E-state index contributed by atoms with van der Waals surface area (Å²) in [5, 5.41) is 0.873. The van der Waals surface area contributed by atoms with E-state index in [-0.39, 0.29) is 0 Å². The minimum Gasteiger partial charge on any atom is -0.364 e. The molecule has 0 radical (unpaired) electrons. The van der Waals surface area contributed by atoms with Gasteiger partial charge in [0.2, 0.25) is 0 Å². The minimum atomic E-state index is 0.380. The molecule has 0 aliphatic carbocycles. The first-order valence-electron chi connectivity index (χ1n) is 6.14. The molecule has 1 aromatic carbocycles. The molecule has 1 aromatic rings. The lowest BCUT2D eigenvalue weighted by molar-refractivity contribution is 0.414. The normalized spacial score (nSPS) is 31.9. The molecule has 2 fully saturated rings. The summed E-state index contributed by atoms with van der Waals surface area (Å²) in [7, 11) is 0. The summed E-state index contributed by atoms with van der Waals surface area (Å²) in [4.78, 5) is 2.52. The van der Waals surface area contributed by atoms with E-state index >= 15 is 0 Å². The summed E-state index contributed by atoms with van der Waals surface area (Å²) in [6.07, 6.45) is 4.75. The number of halogens is 2. The van der Waals surface area contributed by atoms with E-state index in [0.717, 1.165) is 17.9 Å². The minimum absolute atomic E-state index is 0.380. The Kier molecular flexibility index (Phi) is 3.26. The van der Waals surface area contributed by atoms with Crippen LogP contribution in [0.4, 0.5) is 5.69 Å². The van der Waals surface area contributed by atoms with E-state index in [1.807, 2.05) is 6.07 Å². The van der Waals surface area contributed by atoms with Gasteiger partial charge in [0.15, 0.2) is 0 Å². The molecule has 2 aliphatic rings. The Morgan fingerprint density at radius 2 is 1.88 bits per heavy atom. The lowest BCUT2D eigenvalue weighted by Crippen LogP contribution is -2.47. The van der Waals surface area contributed by atoms with Crippen molar-refractivity contribution < 1.29 is 0 Å². The van der Waals surface area contributed by atoms with Crippen LogP contribution in [0.3, 0.4) is 0 Å². The van der Waals surface area contributed by atoms with Gasteiger partial charge in [0, 0.05) is 21.7 Å². The van der Waals surface area contributed by atoms with Crippen molar-refractivity contribution in [3.8, 4) is 0 Å². The second kappa shape index (κ2) is 4.59. The quantitative estimate of drug-likeness (QED) is 0.776. The van der Waals surface area contributed by atoms with Gasteiger partial charge in [0.1, 0.15) is 0 Å². The number of nitrogens with zero attached hydrogens (tertiary/aromatic N) is 1. The predicted molar refractivity (Wildman–Crippen MR) is 80.7 cm³/mol. The Bertz CT molecular complexity index is 423. The molecule has 0 spiro atoms. The average Bonchev–Trinajstić information content (AvgIpc) is 2.54. The zero-order chi connectivity index (χ0) is 12.0. The van der Waals surface area contributed by atoms with E-state index < -0.39 is 0 Å². The molecule has 17 heavy (non-hydrogen) atoms. The lowest BCUT2D eigenvalue weighted by Gasteiger charge is -2.40. The third-order valence-corrected chi connectivity index (χ3v) is 4.95. The third-order valence-electron chi connectivity index (χ3n) is 3.96. The molecule has 2 unspecified atom stereocenters. The van der Waals surface area contributed by atoms with Crippen molar-refractivity contribution in [2.24, 2.45) is 5.73 Å². The van der Waals surface area contributed by atoms with Crippen LogP contribution in [0.1, 0.15) is 25.7 Å². The zero-order valence-corrected chi connectivity index (χ0v) is 12.5. The van der Waals surface area contributed by atoms with Crippen LogP contribution < -0.4 is 10.6 Å². The van der Waals surface area contributed by atoms with Gasteiger partial charge in [-0.3, -0.25) is 0 Å². The molecular weight excluding hydrogens is 347 g/mol. The van der Waals surface area contributed by atoms with Crippen LogP contribution in [0.5, 0.6) is 0 Å². The topological polar surface area (TPSA) is 29.3 Å². The van der Waals surface area contributed by atoms with E-state index in [1.54, 1.807) is 0 Å². The molecule has 2 nitrogen and oxygen atoms in total. The van der Waals surface area contributed by atoms with Crippen LogP contribution in [-0.4, -0.2) is 18.1 Å². The fourth-order valence-electron chi connectivity index (χ4n) is 3.30. The first-order chi connectivity index (χ1) is 8.15. The highest BCUT2D eigenvalue weighted by molar-refractivity contribution is 14.1. The van der Waals surface area contributed by atoms with Gasteiger partial charge in [-0.1, -0.05) is 11.6 Å². The number of hydrogen-bond donors (Lipinski definition) is 1. The molecule has 0 aromatic heterocycles. The number of piperidine rings is 1. The van der Waals surface area contributed by atoms with E-state index in [1.165, 1.54) is 22.1 Å². The second-order valence-electron chi connectivity index (χ2n) is 5.12. The SMILES string of the molecule is NC1CC2CCC(C1)N2c1cc(I)ccc1Cl. The number of hydrogen-bond acceptors (Lipinski definition) is 2.